The van der Waals surface area contributed by atoms with Gasteiger partial charge in [-0.1, -0.05) is 0 Å². The lowest BCUT2D eigenvalue weighted by molar-refractivity contribution is -0.128. The molecule has 2 bridgehead atoms. The highest BCUT2D eigenvalue weighted by Crippen LogP contribution is 2.42. The summed E-state index contributed by atoms with van der Waals surface area (Å²) in [5.41, 5.74) is -0.394. The summed E-state index contributed by atoms with van der Waals surface area (Å²) in [6.45, 7) is 1.18. The van der Waals surface area contributed by atoms with E-state index < -0.39 is 5.60 Å². The zero-order valence-electron chi connectivity index (χ0n) is 8.56. The van der Waals surface area contributed by atoms with Crippen molar-refractivity contribution in [2.75, 3.05) is 27.4 Å². The monoisotopic (exact) mass is 198 g/mol. The standard InChI is InChI=1S/C9H15BO4/c1-11-4-3-9-5-13-6(7(9)12-2)8(10)14-9/h6-8H,3-5H2,1-2H3/t6-,7?,8-,9-/m1/s1. The van der Waals surface area contributed by atoms with E-state index in [1.54, 1.807) is 14.2 Å². The first-order chi connectivity index (χ1) is 6.73. The van der Waals surface area contributed by atoms with Gasteiger partial charge in [0.25, 0.3) is 0 Å². The van der Waals surface area contributed by atoms with Crippen LogP contribution in [0.4, 0.5) is 0 Å². The van der Waals surface area contributed by atoms with Gasteiger partial charge in [-0.15, -0.1) is 0 Å². The second-order valence-corrected chi connectivity index (χ2v) is 3.82. The molecule has 2 heterocycles. The Morgan fingerprint density at radius 1 is 1.50 bits per heavy atom. The molecule has 4 nitrogen and oxygen atoms in total. The van der Waals surface area contributed by atoms with Crippen molar-refractivity contribution >= 4 is 7.85 Å². The van der Waals surface area contributed by atoms with E-state index in [0.29, 0.717) is 13.2 Å². The Hall–Kier alpha value is -0.0951. The summed E-state index contributed by atoms with van der Waals surface area (Å²) in [4.78, 5) is 0. The maximum Gasteiger partial charge on any atom is 0.122 e. The van der Waals surface area contributed by atoms with Crippen LogP contribution in [0.25, 0.3) is 0 Å². The Balaban J connectivity index is 2.08. The van der Waals surface area contributed by atoms with E-state index in [0.717, 1.165) is 6.42 Å². The second kappa shape index (κ2) is 3.81. The highest BCUT2D eigenvalue weighted by atomic mass is 16.7. The molecular formula is C9H15BO4. The zero-order chi connectivity index (χ0) is 10.2. The molecule has 2 radical (unpaired) electrons. The summed E-state index contributed by atoms with van der Waals surface area (Å²) < 4.78 is 21.7. The molecule has 0 aromatic carbocycles. The molecule has 4 atom stereocenters. The Bertz CT molecular complexity index is 213. The molecular weight excluding hydrogens is 183 g/mol. The number of fused-ring (bicyclic) bond motifs is 2. The predicted molar refractivity (Wildman–Crippen MR) is 50.4 cm³/mol. The van der Waals surface area contributed by atoms with Gasteiger partial charge in [-0.2, -0.15) is 0 Å². The minimum absolute atomic E-state index is 0.0624. The van der Waals surface area contributed by atoms with Gasteiger partial charge in [-0.25, -0.2) is 0 Å². The third-order valence-corrected chi connectivity index (χ3v) is 3.01. The van der Waals surface area contributed by atoms with Crippen LogP contribution in [0.5, 0.6) is 0 Å². The van der Waals surface area contributed by atoms with E-state index in [2.05, 4.69) is 0 Å². The van der Waals surface area contributed by atoms with Crippen LogP contribution in [0.3, 0.4) is 0 Å². The molecule has 5 heteroatoms. The minimum atomic E-state index is -0.394. The van der Waals surface area contributed by atoms with Gasteiger partial charge >= 0.3 is 0 Å². The Morgan fingerprint density at radius 3 is 2.86 bits per heavy atom. The number of hydrogen-bond acceptors (Lipinski definition) is 4. The van der Waals surface area contributed by atoms with Gasteiger partial charge in [-0.3, -0.25) is 0 Å². The molecule has 0 aliphatic carbocycles. The number of ether oxygens (including phenoxy) is 4. The van der Waals surface area contributed by atoms with Gasteiger partial charge in [0.1, 0.15) is 25.7 Å². The molecule has 14 heavy (non-hydrogen) atoms. The van der Waals surface area contributed by atoms with Crippen molar-refractivity contribution in [2.45, 2.75) is 30.2 Å². The van der Waals surface area contributed by atoms with Crippen LogP contribution in [0, 0.1) is 0 Å². The van der Waals surface area contributed by atoms with Crippen LogP contribution < -0.4 is 0 Å². The molecule has 0 aromatic rings. The molecule has 2 fully saturated rings. The van der Waals surface area contributed by atoms with E-state index >= 15 is 0 Å². The van der Waals surface area contributed by atoms with E-state index in [4.69, 9.17) is 26.8 Å². The smallest absolute Gasteiger partial charge is 0.122 e. The molecule has 0 N–H and O–H groups in total. The van der Waals surface area contributed by atoms with Gasteiger partial charge in [0, 0.05) is 33.3 Å². The molecule has 0 saturated carbocycles. The van der Waals surface area contributed by atoms with Crippen LogP contribution in [-0.2, 0) is 18.9 Å². The first kappa shape index (κ1) is 10.4. The average Bonchev–Trinajstić information content (AvgIpc) is 2.66. The largest absolute Gasteiger partial charge is 0.385 e. The van der Waals surface area contributed by atoms with Gasteiger partial charge in [0.2, 0.25) is 0 Å². The third-order valence-electron chi connectivity index (χ3n) is 3.01. The molecule has 0 spiro atoms. The molecule has 0 aromatic heterocycles. The van der Waals surface area contributed by atoms with Gasteiger partial charge in [0.15, 0.2) is 0 Å². The summed E-state index contributed by atoms with van der Waals surface area (Å²) in [6.07, 6.45) is 0.566. The number of methoxy groups -OCH3 is 2. The van der Waals surface area contributed by atoms with E-state index in [9.17, 15) is 0 Å². The van der Waals surface area contributed by atoms with E-state index in [-0.39, 0.29) is 18.2 Å². The topological polar surface area (TPSA) is 36.9 Å². The molecule has 2 aliphatic rings. The number of rotatable bonds is 4. The van der Waals surface area contributed by atoms with E-state index in [1.165, 1.54) is 0 Å². The Kier molecular flexibility index (Phi) is 2.84. The molecule has 2 aliphatic heterocycles. The van der Waals surface area contributed by atoms with E-state index in [1.807, 2.05) is 0 Å². The van der Waals surface area contributed by atoms with Crippen molar-refractivity contribution in [3.63, 3.8) is 0 Å². The fourth-order valence-electron chi connectivity index (χ4n) is 2.31. The lowest BCUT2D eigenvalue weighted by Crippen LogP contribution is -2.42. The van der Waals surface area contributed by atoms with Crippen molar-refractivity contribution in [2.24, 2.45) is 0 Å². The fraction of sp³-hybridized carbons (Fsp3) is 1.00. The van der Waals surface area contributed by atoms with Gasteiger partial charge < -0.3 is 18.9 Å². The molecule has 0 amide bonds. The minimum Gasteiger partial charge on any atom is -0.385 e. The highest BCUT2D eigenvalue weighted by Gasteiger charge is 2.59. The second-order valence-electron chi connectivity index (χ2n) is 3.82. The fourth-order valence-corrected chi connectivity index (χ4v) is 2.31. The summed E-state index contributed by atoms with van der Waals surface area (Å²) >= 11 is 0. The molecule has 78 valence electrons. The number of hydrogen-bond donors (Lipinski definition) is 0. The summed E-state index contributed by atoms with van der Waals surface area (Å²) in [5, 5.41) is 0. The Morgan fingerprint density at radius 2 is 2.29 bits per heavy atom. The molecule has 2 saturated heterocycles. The lowest BCUT2D eigenvalue weighted by atomic mass is 9.90. The van der Waals surface area contributed by atoms with Crippen LogP contribution in [0.15, 0.2) is 0 Å². The maximum absolute atomic E-state index is 5.77. The van der Waals surface area contributed by atoms with Crippen LogP contribution in [0.2, 0.25) is 0 Å². The SMILES string of the molecule is [B][C@@H]1O[C@]2(CCOC)CO[C@@H]1C2OC. The van der Waals surface area contributed by atoms with Crippen molar-refractivity contribution in [3.05, 3.63) is 0 Å². The highest BCUT2D eigenvalue weighted by molar-refractivity contribution is 6.11. The summed E-state index contributed by atoms with van der Waals surface area (Å²) in [5.74, 6) is 0. The first-order valence-electron chi connectivity index (χ1n) is 4.80. The van der Waals surface area contributed by atoms with Crippen molar-refractivity contribution in [3.8, 4) is 0 Å². The lowest BCUT2D eigenvalue weighted by Gasteiger charge is -2.30. The van der Waals surface area contributed by atoms with Crippen LogP contribution in [-0.4, -0.2) is 59.1 Å². The first-order valence-corrected chi connectivity index (χ1v) is 4.80. The zero-order valence-corrected chi connectivity index (χ0v) is 8.56. The summed E-state index contributed by atoms with van der Waals surface area (Å²) in [6, 6.07) is -0.370. The average molecular weight is 198 g/mol. The third kappa shape index (κ3) is 1.39. The maximum atomic E-state index is 5.77. The summed E-state index contributed by atoms with van der Waals surface area (Å²) in [7, 11) is 9.10. The van der Waals surface area contributed by atoms with Crippen molar-refractivity contribution in [1.29, 1.82) is 0 Å². The van der Waals surface area contributed by atoms with Crippen molar-refractivity contribution in [1.82, 2.24) is 0 Å². The Labute approximate surface area is 85.3 Å². The van der Waals surface area contributed by atoms with Gasteiger partial charge in [-0.05, 0) is 0 Å². The van der Waals surface area contributed by atoms with Crippen LogP contribution >= 0.6 is 0 Å². The predicted octanol–water partition coefficient (Wildman–Crippen LogP) is -0.300. The molecule has 2 rings (SSSR count). The van der Waals surface area contributed by atoms with Gasteiger partial charge in [0.05, 0.1) is 6.61 Å². The quantitative estimate of drug-likeness (QED) is 0.581. The van der Waals surface area contributed by atoms with Crippen LogP contribution in [0.1, 0.15) is 6.42 Å². The molecule has 1 unspecified atom stereocenters. The normalized spacial score (nSPS) is 46.0. The van der Waals surface area contributed by atoms with Crippen molar-refractivity contribution < 1.29 is 18.9 Å².